The molecule has 3 rings (SSSR count). The van der Waals surface area contributed by atoms with Crippen molar-refractivity contribution in [1.29, 1.82) is 0 Å². The molecule has 1 aromatic carbocycles. The van der Waals surface area contributed by atoms with Gasteiger partial charge in [-0.3, -0.25) is 0 Å². The summed E-state index contributed by atoms with van der Waals surface area (Å²) in [5.74, 6) is -0.901. The molecular weight excluding hydrogens is 332 g/mol. The molecule has 24 heavy (non-hydrogen) atoms. The van der Waals surface area contributed by atoms with Crippen molar-refractivity contribution in [1.82, 2.24) is 0 Å². The zero-order valence-electron chi connectivity index (χ0n) is 13.1. The van der Waals surface area contributed by atoms with Crippen LogP contribution in [0.4, 0.5) is 8.78 Å². The van der Waals surface area contributed by atoms with Crippen LogP contribution in [0.5, 0.6) is 5.75 Å². The van der Waals surface area contributed by atoms with Crippen LogP contribution in [0.3, 0.4) is 0 Å². The summed E-state index contributed by atoms with van der Waals surface area (Å²) in [5, 5.41) is 12.9. The summed E-state index contributed by atoms with van der Waals surface area (Å²) in [4.78, 5) is 0. The predicted octanol–water partition coefficient (Wildman–Crippen LogP) is 3.94. The van der Waals surface area contributed by atoms with E-state index in [1.807, 2.05) is 0 Å². The van der Waals surface area contributed by atoms with Crippen LogP contribution in [0.25, 0.3) is 0 Å². The molecule has 0 unspecified atom stereocenters. The Morgan fingerprint density at radius 2 is 2.17 bits per heavy atom. The molecule has 0 fully saturated rings. The van der Waals surface area contributed by atoms with Crippen LogP contribution in [0, 0.1) is 16.8 Å². The normalized spacial score (nSPS) is 12.9. The van der Waals surface area contributed by atoms with Gasteiger partial charge in [-0.2, -0.15) is 4.73 Å². The standard InChI is InChI=1S/C18H17F2NO2S/c1-2-9-23-16-10-17(21(22)15-8-4-6-13(15)16)24-11-12-5-3-7-14(19)18(12)20/h2-3,5,7,10H,1,4,6,8-9,11H2. The Morgan fingerprint density at radius 1 is 1.33 bits per heavy atom. The lowest BCUT2D eigenvalue weighted by atomic mass is 10.2. The summed E-state index contributed by atoms with van der Waals surface area (Å²) in [6, 6.07) is 5.74. The molecule has 0 N–H and O–H groups in total. The van der Waals surface area contributed by atoms with Gasteiger partial charge >= 0.3 is 0 Å². The van der Waals surface area contributed by atoms with Gasteiger partial charge in [0.1, 0.15) is 12.4 Å². The van der Waals surface area contributed by atoms with E-state index in [1.165, 1.54) is 23.9 Å². The second-order valence-electron chi connectivity index (χ2n) is 5.52. The Kier molecular flexibility index (Phi) is 5.04. The number of benzene rings is 1. The van der Waals surface area contributed by atoms with Crippen molar-refractivity contribution >= 4 is 11.8 Å². The average Bonchev–Trinajstić information content (AvgIpc) is 3.07. The summed E-state index contributed by atoms with van der Waals surface area (Å²) in [6.07, 6.45) is 4.07. The third-order valence-corrected chi connectivity index (χ3v) is 4.98. The Morgan fingerprint density at radius 3 is 2.96 bits per heavy atom. The molecule has 0 bridgehead atoms. The zero-order chi connectivity index (χ0) is 17.1. The third-order valence-electron chi connectivity index (χ3n) is 3.95. The number of aromatic nitrogens is 1. The molecular formula is C18H17F2NO2S. The fourth-order valence-corrected chi connectivity index (χ4v) is 3.74. The van der Waals surface area contributed by atoms with Crippen LogP contribution in [0.2, 0.25) is 0 Å². The summed E-state index contributed by atoms with van der Waals surface area (Å²) >= 11 is 1.17. The second-order valence-corrected chi connectivity index (χ2v) is 6.52. The van der Waals surface area contributed by atoms with Crippen molar-refractivity contribution in [3.63, 3.8) is 0 Å². The fourth-order valence-electron chi connectivity index (χ4n) is 2.80. The van der Waals surface area contributed by atoms with Gasteiger partial charge in [0.2, 0.25) is 5.69 Å². The molecule has 1 aromatic heterocycles. The highest BCUT2D eigenvalue weighted by molar-refractivity contribution is 7.98. The number of thioether (sulfide) groups is 1. The summed E-state index contributed by atoms with van der Waals surface area (Å²) in [5.41, 5.74) is 1.88. The van der Waals surface area contributed by atoms with Crippen LogP contribution < -0.4 is 9.47 Å². The summed E-state index contributed by atoms with van der Waals surface area (Å²) < 4.78 is 33.6. The molecule has 1 aliphatic carbocycles. The second kappa shape index (κ2) is 7.21. The highest BCUT2D eigenvalue weighted by atomic mass is 32.2. The van der Waals surface area contributed by atoms with Crippen molar-refractivity contribution in [2.75, 3.05) is 6.61 Å². The van der Waals surface area contributed by atoms with Gasteiger partial charge in [0, 0.05) is 17.7 Å². The maximum absolute atomic E-state index is 13.8. The lowest BCUT2D eigenvalue weighted by molar-refractivity contribution is -0.653. The van der Waals surface area contributed by atoms with E-state index in [0.717, 1.165) is 29.2 Å². The molecule has 0 aliphatic heterocycles. The van der Waals surface area contributed by atoms with E-state index in [1.54, 1.807) is 12.1 Å². The largest absolute Gasteiger partial charge is 0.618 e. The Bertz CT molecular complexity index is 780. The van der Waals surface area contributed by atoms with Crippen LogP contribution in [0.15, 0.2) is 41.9 Å². The molecule has 0 spiro atoms. The molecule has 0 saturated carbocycles. The Labute approximate surface area is 143 Å². The number of ether oxygens (including phenoxy) is 1. The molecule has 0 atom stereocenters. The molecule has 0 saturated heterocycles. The van der Waals surface area contributed by atoms with Crippen LogP contribution in [0.1, 0.15) is 23.2 Å². The SMILES string of the molecule is C=CCOc1cc(SCc2cccc(F)c2F)[n+]([O-])c2c1CCC2. The lowest BCUT2D eigenvalue weighted by Gasteiger charge is -2.13. The van der Waals surface area contributed by atoms with E-state index in [4.69, 9.17) is 4.74 Å². The van der Waals surface area contributed by atoms with Gasteiger partial charge in [-0.25, -0.2) is 8.78 Å². The van der Waals surface area contributed by atoms with E-state index in [9.17, 15) is 14.0 Å². The van der Waals surface area contributed by atoms with Crippen LogP contribution in [-0.4, -0.2) is 6.61 Å². The molecule has 2 aromatic rings. The quantitative estimate of drug-likeness (QED) is 0.343. The van der Waals surface area contributed by atoms with Crippen molar-refractivity contribution < 1.29 is 18.2 Å². The monoisotopic (exact) mass is 349 g/mol. The van der Waals surface area contributed by atoms with Crippen molar-refractivity contribution in [2.24, 2.45) is 0 Å². The third kappa shape index (κ3) is 3.24. The Hall–Kier alpha value is -2.08. The van der Waals surface area contributed by atoms with Gasteiger partial charge in [-0.05, 0) is 18.9 Å². The number of hydrogen-bond acceptors (Lipinski definition) is 3. The maximum atomic E-state index is 13.8. The van der Waals surface area contributed by atoms with Crippen LogP contribution in [-0.2, 0) is 18.6 Å². The summed E-state index contributed by atoms with van der Waals surface area (Å²) in [7, 11) is 0. The first-order chi connectivity index (χ1) is 11.6. The highest BCUT2D eigenvalue weighted by Gasteiger charge is 2.27. The number of halogens is 2. The lowest BCUT2D eigenvalue weighted by Crippen LogP contribution is -2.34. The first-order valence-corrected chi connectivity index (χ1v) is 8.68. The van der Waals surface area contributed by atoms with E-state index in [0.29, 0.717) is 29.5 Å². The van der Waals surface area contributed by atoms with Crippen LogP contribution >= 0.6 is 11.8 Å². The van der Waals surface area contributed by atoms with Gasteiger partial charge in [0.25, 0.3) is 5.03 Å². The van der Waals surface area contributed by atoms with Crippen molar-refractivity contribution in [3.05, 3.63) is 70.6 Å². The summed E-state index contributed by atoms with van der Waals surface area (Å²) in [6.45, 7) is 3.99. The molecule has 1 aliphatic rings. The maximum Gasteiger partial charge on any atom is 0.255 e. The molecule has 0 amide bonds. The molecule has 3 nitrogen and oxygen atoms in total. The first-order valence-electron chi connectivity index (χ1n) is 7.69. The molecule has 1 heterocycles. The van der Waals surface area contributed by atoms with E-state index in [-0.39, 0.29) is 11.3 Å². The van der Waals surface area contributed by atoms with Gasteiger partial charge in [-0.1, -0.05) is 36.5 Å². The van der Waals surface area contributed by atoms with Crippen molar-refractivity contribution in [2.45, 2.75) is 30.0 Å². The molecule has 6 heteroatoms. The van der Waals surface area contributed by atoms with E-state index < -0.39 is 11.6 Å². The minimum absolute atomic E-state index is 0.172. The number of nitrogens with zero attached hydrogens (tertiary/aromatic N) is 1. The minimum atomic E-state index is -0.882. The van der Waals surface area contributed by atoms with Gasteiger partial charge in [-0.15, -0.1) is 0 Å². The molecule has 126 valence electrons. The smallest absolute Gasteiger partial charge is 0.255 e. The van der Waals surface area contributed by atoms with Crippen molar-refractivity contribution in [3.8, 4) is 5.75 Å². The molecule has 0 radical (unpaired) electrons. The first kappa shape index (κ1) is 16.8. The number of fused-ring (bicyclic) bond motifs is 1. The topological polar surface area (TPSA) is 36.2 Å². The van der Waals surface area contributed by atoms with E-state index in [2.05, 4.69) is 6.58 Å². The number of pyridine rings is 1. The number of hydrogen-bond donors (Lipinski definition) is 0. The minimum Gasteiger partial charge on any atom is -0.618 e. The van der Waals surface area contributed by atoms with Gasteiger partial charge in [0.05, 0.1) is 11.6 Å². The van der Waals surface area contributed by atoms with Gasteiger partial charge in [0.15, 0.2) is 11.6 Å². The Balaban J connectivity index is 1.87. The number of rotatable bonds is 6. The highest BCUT2D eigenvalue weighted by Crippen LogP contribution is 2.33. The fraction of sp³-hybridized carbons (Fsp3) is 0.278. The van der Waals surface area contributed by atoms with E-state index >= 15 is 0 Å². The predicted molar refractivity (Wildman–Crippen MR) is 89.0 cm³/mol. The van der Waals surface area contributed by atoms with Gasteiger partial charge < -0.3 is 9.94 Å². The average molecular weight is 349 g/mol. The zero-order valence-corrected chi connectivity index (χ0v) is 13.9.